The molecule has 0 radical (unpaired) electrons. The van der Waals surface area contributed by atoms with Crippen LogP contribution in [0.1, 0.15) is 52.8 Å². The zero-order valence-electron chi connectivity index (χ0n) is 24.5. The second-order valence-corrected chi connectivity index (χ2v) is 12.5. The fourth-order valence-corrected chi connectivity index (χ4v) is 7.09. The fourth-order valence-electron chi connectivity index (χ4n) is 6.54. The molecule has 4 aromatic rings. The highest BCUT2D eigenvalue weighted by Crippen LogP contribution is 2.41. The Kier molecular flexibility index (Phi) is 9.06. The molecule has 6 rings (SSSR count). The SMILES string of the molecule is O=C(O)N1CCN(C(=O)c2ncn([C@H]3CCCC[C@]3(O)COCc3nccs3)c2-c2ccccc2)[C@H](Cc2ccccc2)C1. The number of carbonyl (C=O) groups is 2. The third-order valence-corrected chi connectivity index (χ3v) is 9.48. The van der Waals surface area contributed by atoms with E-state index < -0.39 is 11.7 Å². The van der Waals surface area contributed by atoms with Crippen LogP contribution in [0.2, 0.25) is 0 Å². The number of amides is 2. The quantitative estimate of drug-likeness (QED) is 0.268. The van der Waals surface area contributed by atoms with Gasteiger partial charge in [-0.3, -0.25) is 4.79 Å². The first-order valence-electron chi connectivity index (χ1n) is 15.1. The van der Waals surface area contributed by atoms with Crippen molar-refractivity contribution in [2.75, 3.05) is 26.2 Å². The van der Waals surface area contributed by atoms with Crippen LogP contribution in [0, 0.1) is 0 Å². The molecule has 0 unspecified atom stereocenters. The average molecular weight is 616 g/mol. The highest BCUT2D eigenvalue weighted by atomic mass is 32.1. The molecule has 3 atom stereocenters. The van der Waals surface area contributed by atoms with E-state index in [1.807, 2.05) is 70.6 Å². The van der Waals surface area contributed by atoms with Gasteiger partial charge in [0.1, 0.15) is 10.6 Å². The number of piperazine rings is 1. The van der Waals surface area contributed by atoms with Crippen molar-refractivity contribution >= 4 is 23.3 Å². The van der Waals surface area contributed by atoms with Crippen molar-refractivity contribution in [3.8, 4) is 11.3 Å². The Hall–Kier alpha value is -4.06. The number of rotatable bonds is 9. The zero-order valence-corrected chi connectivity index (χ0v) is 25.3. The van der Waals surface area contributed by atoms with E-state index >= 15 is 0 Å². The van der Waals surface area contributed by atoms with E-state index in [0.717, 1.165) is 35.4 Å². The molecule has 2 amide bonds. The molecule has 2 aromatic heterocycles. The van der Waals surface area contributed by atoms with Gasteiger partial charge in [-0.05, 0) is 24.8 Å². The smallest absolute Gasteiger partial charge is 0.407 e. The van der Waals surface area contributed by atoms with Crippen molar-refractivity contribution in [2.24, 2.45) is 0 Å². The van der Waals surface area contributed by atoms with Gasteiger partial charge in [0.25, 0.3) is 5.91 Å². The molecule has 10 nitrogen and oxygen atoms in total. The normalized spacial score (nSPS) is 22.2. The lowest BCUT2D eigenvalue weighted by Gasteiger charge is -2.41. The maximum Gasteiger partial charge on any atom is 0.407 e. The molecular formula is C33H37N5O5S. The largest absolute Gasteiger partial charge is 0.465 e. The van der Waals surface area contributed by atoms with Gasteiger partial charge >= 0.3 is 6.09 Å². The first-order chi connectivity index (χ1) is 21.4. The number of aliphatic hydroxyl groups is 1. The molecule has 0 bridgehead atoms. The molecule has 11 heteroatoms. The third-order valence-electron chi connectivity index (χ3n) is 8.73. The van der Waals surface area contributed by atoms with E-state index in [4.69, 9.17) is 9.72 Å². The van der Waals surface area contributed by atoms with Gasteiger partial charge in [0, 0.05) is 36.8 Å². The fraction of sp³-hybridized carbons (Fsp3) is 0.394. The second kappa shape index (κ2) is 13.3. The number of imidazole rings is 1. The van der Waals surface area contributed by atoms with Gasteiger partial charge in [-0.25, -0.2) is 14.8 Å². The summed E-state index contributed by atoms with van der Waals surface area (Å²) in [4.78, 5) is 38.5. The minimum atomic E-state index is -1.15. The summed E-state index contributed by atoms with van der Waals surface area (Å²) in [6.07, 6.45) is 6.06. The van der Waals surface area contributed by atoms with Gasteiger partial charge in [0.2, 0.25) is 0 Å². The highest BCUT2D eigenvalue weighted by Gasteiger charge is 2.43. The highest BCUT2D eigenvalue weighted by molar-refractivity contribution is 7.09. The van der Waals surface area contributed by atoms with Crippen LogP contribution in [0.25, 0.3) is 11.3 Å². The standard InChI is InChI=1S/C33H37N5O5S/c39-31(37-17-16-36(32(40)41)20-26(37)19-24-9-3-1-4-10-24)29-30(25-11-5-2-6-12-25)38(23-35-29)27-13-7-8-14-33(27,42)22-43-21-28-34-15-18-44-28/h1-6,9-12,15,18,23,26-27,42H,7-8,13-14,16-17,19-22H2,(H,40,41)/t26-,27+,33+/m1/s1. The Labute approximate surface area is 260 Å². The number of carbonyl (C=O) groups excluding carboxylic acids is 1. The van der Waals surface area contributed by atoms with E-state index in [2.05, 4.69) is 4.98 Å². The molecule has 1 aliphatic carbocycles. The summed E-state index contributed by atoms with van der Waals surface area (Å²) < 4.78 is 7.97. The van der Waals surface area contributed by atoms with Crippen molar-refractivity contribution in [1.29, 1.82) is 0 Å². The summed E-state index contributed by atoms with van der Waals surface area (Å²) in [6, 6.07) is 18.8. The van der Waals surface area contributed by atoms with E-state index in [9.17, 15) is 19.8 Å². The molecule has 230 valence electrons. The van der Waals surface area contributed by atoms with Gasteiger partial charge < -0.3 is 29.3 Å². The maximum absolute atomic E-state index is 14.4. The zero-order chi connectivity index (χ0) is 30.5. The van der Waals surface area contributed by atoms with E-state index in [1.54, 1.807) is 17.4 Å². The van der Waals surface area contributed by atoms with Crippen molar-refractivity contribution in [3.63, 3.8) is 0 Å². The number of thiazole rings is 1. The Morgan fingerprint density at radius 2 is 1.80 bits per heavy atom. The molecule has 44 heavy (non-hydrogen) atoms. The number of benzene rings is 2. The van der Waals surface area contributed by atoms with Crippen LogP contribution in [0.4, 0.5) is 4.79 Å². The lowest BCUT2D eigenvalue weighted by molar-refractivity contribution is -0.103. The summed E-state index contributed by atoms with van der Waals surface area (Å²) in [5.41, 5.74) is 1.66. The molecule has 2 aliphatic rings. The van der Waals surface area contributed by atoms with Crippen LogP contribution < -0.4 is 0 Å². The number of aromatic nitrogens is 3. The Morgan fingerprint density at radius 3 is 2.52 bits per heavy atom. The summed E-state index contributed by atoms with van der Waals surface area (Å²) in [5, 5.41) is 24.5. The number of carboxylic acid groups (broad SMARTS) is 1. The van der Waals surface area contributed by atoms with Gasteiger partial charge in [-0.2, -0.15) is 0 Å². The van der Waals surface area contributed by atoms with E-state index in [1.165, 1.54) is 16.2 Å². The molecule has 1 saturated heterocycles. The Balaban J connectivity index is 1.33. The van der Waals surface area contributed by atoms with E-state index in [-0.39, 0.29) is 44.2 Å². The lowest BCUT2D eigenvalue weighted by Crippen LogP contribution is -2.57. The van der Waals surface area contributed by atoms with Gasteiger partial charge in [0.05, 0.1) is 37.3 Å². The van der Waals surface area contributed by atoms with Crippen LogP contribution in [-0.2, 0) is 17.8 Å². The van der Waals surface area contributed by atoms with Crippen molar-refractivity contribution in [2.45, 2.75) is 56.4 Å². The molecule has 0 spiro atoms. The minimum Gasteiger partial charge on any atom is -0.465 e. The van der Waals surface area contributed by atoms with Crippen molar-refractivity contribution in [1.82, 2.24) is 24.3 Å². The third kappa shape index (κ3) is 6.40. The number of ether oxygens (including phenoxy) is 1. The second-order valence-electron chi connectivity index (χ2n) is 11.6. The number of hydrogen-bond acceptors (Lipinski definition) is 7. The van der Waals surface area contributed by atoms with Crippen LogP contribution in [0.15, 0.2) is 78.6 Å². The molecule has 2 aromatic carbocycles. The summed E-state index contributed by atoms with van der Waals surface area (Å²) in [6.45, 7) is 1.19. The molecule has 2 fully saturated rings. The summed E-state index contributed by atoms with van der Waals surface area (Å²) >= 11 is 1.52. The number of hydrogen-bond donors (Lipinski definition) is 2. The van der Waals surface area contributed by atoms with Gasteiger partial charge in [0.15, 0.2) is 5.69 Å². The average Bonchev–Trinajstić information content (AvgIpc) is 3.72. The monoisotopic (exact) mass is 615 g/mol. The van der Waals surface area contributed by atoms with Crippen molar-refractivity contribution in [3.05, 3.63) is 94.8 Å². The van der Waals surface area contributed by atoms with Gasteiger partial charge in [-0.15, -0.1) is 11.3 Å². The molecule has 1 aliphatic heterocycles. The summed E-state index contributed by atoms with van der Waals surface area (Å²) in [7, 11) is 0. The topological polar surface area (TPSA) is 121 Å². The first-order valence-corrected chi connectivity index (χ1v) is 15.9. The van der Waals surface area contributed by atoms with Crippen LogP contribution in [0.3, 0.4) is 0 Å². The molecule has 2 N–H and O–H groups in total. The van der Waals surface area contributed by atoms with Crippen LogP contribution in [0.5, 0.6) is 0 Å². The minimum absolute atomic E-state index is 0.142. The molecular weight excluding hydrogens is 578 g/mol. The van der Waals surface area contributed by atoms with E-state index in [0.29, 0.717) is 30.8 Å². The van der Waals surface area contributed by atoms with Crippen molar-refractivity contribution < 1.29 is 24.5 Å². The molecule has 1 saturated carbocycles. The maximum atomic E-state index is 14.4. The van der Waals surface area contributed by atoms with Crippen LogP contribution in [-0.4, -0.2) is 84.4 Å². The van der Waals surface area contributed by atoms with Gasteiger partial charge in [-0.1, -0.05) is 73.5 Å². The Bertz CT molecular complexity index is 1550. The Morgan fingerprint density at radius 1 is 1.02 bits per heavy atom. The lowest BCUT2D eigenvalue weighted by atomic mass is 9.80. The van der Waals surface area contributed by atoms with Crippen LogP contribution >= 0.6 is 11.3 Å². The predicted molar refractivity (Wildman–Crippen MR) is 166 cm³/mol. The predicted octanol–water partition coefficient (Wildman–Crippen LogP) is 5.12. The summed E-state index contributed by atoms with van der Waals surface area (Å²) in [5.74, 6) is -0.243. The first kappa shape index (κ1) is 30.0. The molecule has 3 heterocycles. The number of nitrogens with zero attached hydrogens (tertiary/aromatic N) is 5.